The highest BCUT2D eigenvalue weighted by Gasteiger charge is 2.31. The van der Waals surface area contributed by atoms with E-state index < -0.39 is 0 Å². The molecule has 1 aliphatic heterocycles. The third-order valence-electron chi connectivity index (χ3n) is 4.67. The Kier molecular flexibility index (Phi) is 4.94. The van der Waals surface area contributed by atoms with Gasteiger partial charge in [-0.05, 0) is 36.1 Å². The third kappa shape index (κ3) is 3.60. The van der Waals surface area contributed by atoms with E-state index in [1.54, 1.807) is 37.3 Å². The van der Waals surface area contributed by atoms with Crippen molar-refractivity contribution in [2.24, 2.45) is 4.99 Å². The van der Waals surface area contributed by atoms with Crippen LogP contribution in [0.4, 0.5) is 10.1 Å². The van der Waals surface area contributed by atoms with Crippen LogP contribution in [0.1, 0.15) is 11.5 Å². The van der Waals surface area contributed by atoms with E-state index in [0.29, 0.717) is 17.3 Å². The van der Waals surface area contributed by atoms with Crippen LogP contribution in [0.15, 0.2) is 53.8 Å². The minimum absolute atomic E-state index is 0.257. The minimum atomic E-state index is -0.257. The molecule has 7 heteroatoms. The summed E-state index contributed by atoms with van der Waals surface area (Å²) in [4.78, 5) is 15.4. The number of ether oxygens (including phenoxy) is 1. The first-order chi connectivity index (χ1) is 13.2. The average molecular weight is 382 g/mol. The summed E-state index contributed by atoms with van der Waals surface area (Å²) < 4.78 is 18.5. The van der Waals surface area contributed by atoms with Gasteiger partial charge in [0.25, 0.3) is 0 Å². The van der Waals surface area contributed by atoms with Gasteiger partial charge in [-0.15, -0.1) is 0 Å². The quantitative estimate of drug-likeness (QED) is 0.501. The molecule has 0 saturated carbocycles. The number of halogens is 1. The van der Waals surface area contributed by atoms with Gasteiger partial charge in [0.15, 0.2) is 5.17 Å². The van der Waals surface area contributed by atoms with Crippen molar-refractivity contribution in [1.29, 1.82) is 0 Å². The van der Waals surface area contributed by atoms with Gasteiger partial charge < -0.3 is 9.64 Å². The highest BCUT2D eigenvalue weighted by molar-refractivity contribution is 8.13. The number of likely N-dealkylation sites (tertiary alicyclic amines) is 1. The van der Waals surface area contributed by atoms with Crippen molar-refractivity contribution in [3.05, 3.63) is 60.2 Å². The van der Waals surface area contributed by atoms with Crippen LogP contribution in [-0.4, -0.2) is 46.5 Å². The van der Waals surface area contributed by atoms with Crippen molar-refractivity contribution in [3.8, 4) is 5.88 Å². The summed E-state index contributed by atoms with van der Waals surface area (Å²) in [5, 5.41) is 1.98. The number of aliphatic imine (C=N–C) groups is 1. The molecule has 5 nitrogen and oxygen atoms in total. The van der Waals surface area contributed by atoms with Crippen LogP contribution in [0, 0.1) is 5.82 Å². The van der Waals surface area contributed by atoms with E-state index in [1.807, 2.05) is 24.5 Å². The maximum absolute atomic E-state index is 13.5. The lowest BCUT2D eigenvalue weighted by Gasteiger charge is -2.41. The van der Waals surface area contributed by atoms with E-state index in [0.717, 1.165) is 29.3 Å². The van der Waals surface area contributed by atoms with Gasteiger partial charge in [-0.3, -0.25) is 4.98 Å². The molecule has 1 saturated heterocycles. The van der Waals surface area contributed by atoms with Gasteiger partial charge in [-0.2, -0.15) is 0 Å². The van der Waals surface area contributed by atoms with Gasteiger partial charge in [0.1, 0.15) is 5.82 Å². The number of pyridine rings is 2. The molecule has 0 spiro atoms. The topological polar surface area (TPSA) is 50.6 Å². The number of rotatable bonds is 3. The molecule has 1 aromatic carbocycles. The van der Waals surface area contributed by atoms with Crippen molar-refractivity contribution >= 4 is 33.5 Å². The molecule has 138 valence electrons. The molecule has 3 aromatic rings. The molecule has 0 aliphatic carbocycles. The van der Waals surface area contributed by atoms with Crippen molar-refractivity contribution in [3.63, 3.8) is 0 Å². The molecule has 27 heavy (non-hydrogen) atoms. The number of hydrogen-bond acceptors (Lipinski definition) is 5. The van der Waals surface area contributed by atoms with Crippen LogP contribution in [0.2, 0.25) is 0 Å². The monoisotopic (exact) mass is 382 g/mol. The fourth-order valence-electron chi connectivity index (χ4n) is 3.25. The molecule has 0 radical (unpaired) electrons. The van der Waals surface area contributed by atoms with Crippen LogP contribution >= 0.6 is 11.8 Å². The molecule has 0 bridgehead atoms. The smallest absolute Gasteiger partial charge is 0.213 e. The van der Waals surface area contributed by atoms with Crippen LogP contribution in [-0.2, 0) is 0 Å². The number of benzene rings is 1. The normalized spacial score (nSPS) is 15.1. The Morgan fingerprint density at radius 2 is 2.07 bits per heavy atom. The zero-order valence-corrected chi connectivity index (χ0v) is 15.9. The molecular weight excluding hydrogens is 363 g/mol. The zero-order valence-electron chi connectivity index (χ0n) is 15.1. The summed E-state index contributed by atoms with van der Waals surface area (Å²) in [5.41, 5.74) is 2.71. The standard InChI is InChI=1S/C20H19FN4OS/c1-26-19-6-4-15(10-23-19)24-20(27-2)25-11-13(12-25)16-7-8-22-18-9-14(21)3-5-17(16)18/h3-10,13H,11-12H2,1-2H3. The molecule has 0 N–H and O–H groups in total. The fraction of sp³-hybridized carbons (Fsp3) is 0.250. The SMILES string of the molecule is COc1ccc(N=C(SC)N2CC(c3ccnc4cc(F)ccc34)C2)cn1. The highest BCUT2D eigenvalue weighted by atomic mass is 32.2. The number of nitrogens with zero attached hydrogens (tertiary/aromatic N) is 4. The number of methoxy groups -OCH3 is 1. The molecule has 4 rings (SSSR count). The second-order valence-corrected chi connectivity index (χ2v) is 7.09. The Morgan fingerprint density at radius 1 is 1.22 bits per heavy atom. The summed E-state index contributed by atoms with van der Waals surface area (Å²) in [6, 6.07) is 10.5. The van der Waals surface area contributed by atoms with Crippen LogP contribution in [0.3, 0.4) is 0 Å². The maximum atomic E-state index is 13.5. The number of thioether (sulfide) groups is 1. The maximum Gasteiger partial charge on any atom is 0.213 e. The van der Waals surface area contributed by atoms with E-state index >= 15 is 0 Å². The van der Waals surface area contributed by atoms with Crippen molar-refractivity contribution in [1.82, 2.24) is 14.9 Å². The lowest BCUT2D eigenvalue weighted by Crippen LogP contribution is -2.47. The number of amidine groups is 1. The fourth-order valence-corrected chi connectivity index (χ4v) is 3.85. The van der Waals surface area contributed by atoms with Gasteiger partial charge >= 0.3 is 0 Å². The number of hydrogen-bond donors (Lipinski definition) is 0. The van der Waals surface area contributed by atoms with Gasteiger partial charge in [-0.1, -0.05) is 11.8 Å². The van der Waals surface area contributed by atoms with Crippen molar-refractivity contribution in [2.45, 2.75) is 5.92 Å². The predicted molar refractivity (Wildman–Crippen MR) is 107 cm³/mol. The lowest BCUT2D eigenvalue weighted by molar-refractivity contribution is 0.259. The van der Waals surface area contributed by atoms with Gasteiger partial charge in [0, 0.05) is 42.7 Å². The molecular formula is C20H19FN4OS. The Bertz CT molecular complexity index is 987. The van der Waals surface area contributed by atoms with E-state index in [2.05, 4.69) is 14.9 Å². The Balaban J connectivity index is 1.51. The molecule has 0 atom stereocenters. The van der Waals surface area contributed by atoms with E-state index in [4.69, 9.17) is 9.73 Å². The van der Waals surface area contributed by atoms with Gasteiger partial charge in [0.05, 0.1) is 24.5 Å². The first kappa shape index (κ1) is 17.7. The Morgan fingerprint density at radius 3 is 2.78 bits per heavy atom. The van der Waals surface area contributed by atoms with Crippen LogP contribution in [0.25, 0.3) is 10.9 Å². The molecule has 0 amide bonds. The summed E-state index contributed by atoms with van der Waals surface area (Å²) in [6.07, 6.45) is 5.48. The van der Waals surface area contributed by atoms with Crippen LogP contribution < -0.4 is 4.74 Å². The van der Waals surface area contributed by atoms with Gasteiger partial charge in [-0.25, -0.2) is 14.4 Å². The lowest BCUT2D eigenvalue weighted by atomic mass is 9.89. The zero-order chi connectivity index (χ0) is 18.8. The molecule has 1 aliphatic rings. The number of fused-ring (bicyclic) bond motifs is 1. The first-order valence-electron chi connectivity index (χ1n) is 8.60. The second-order valence-electron chi connectivity index (χ2n) is 6.32. The summed E-state index contributed by atoms with van der Waals surface area (Å²) in [7, 11) is 1.59. The first-order valence-corrected chi connectivity index (χ1v) is 9.82. The summed E-state index contributed by atoms with van der Waals surface area (Å²) in [6.45, 7) is 1.75. The van der Waals surface area contributed by atoms with Crippen LogP contribution in [0.5, 0.6) is 5.88 Å². The summed E-state index contributed by atoms with van der Waals surface area (Å²) >= 11 is 1.62. The average Bonchev–Trinajstić information content (AvgIpc) is 2.66. The van der Waals surface area contributed by atoms with Crippen molar-refractivity contribution < 1.29 is 9.13 Å². The molecule has 1 fully saturated rings. The molecule has 0 unspecified atom stereocenters. The van der Waals surface area contributed by atoms with Gasteiger partial charge in [0.2, 0.25) is 5.88 Å². The predicted octanol–water partition coefficient (Wildman–Crippen LogP) is 4.23. The van der Waals surface area contributed by atoms with Crippen molar-refractivity contribution in [2.75, 3.05) is 26.5 Å². The largest absolute Gasteiger partial charge is 0.481 e. The minimum Gasteiger partial charge on any atom is -0.481 e. The number of aromatic nitrogens is 2. The Labute approximate surface area is 161 Å². The third-order valence-corrected chi connectivity index (χ3v) is 5.38. The highest BCUT2D eigenvalue weighted by Crippen LogP contribution is 2.34. The van der Waals surface area contributed by atoms with E-state index in [-0.39, 0.29) is 5.82 Å². The molecule has 3 heterocycles. The molecule has 2 aromatic heterocycles. The van der Waals surface area contributed by atoms with E-state index in [1.165, 1.54) is 17.7 Å². The second kappa shape index (κ2) is 7.52. The Hall–Kier alpha value is -2.67. The van der Waals surface area contributed by atoms with E-state index in [9.17, 15) is 4.39 Å². The summed E-state index contributed by atoms with van der Waals surface area (Å²) in [5.74, 6) is 0.698.